The second-order valence-electron chi connectivity index (χ2n) is 4.80. The van der Waals surface area contributed by atoms with Crippen molar-refractivity contribution in [3.05, 3.63) is 70.8 Å². The van der Waals surface area contributed by atoms with Gasteiger partial charge in [-0.2, -0.15) is 5.26 Å². The first-order valence-corrected chi connectivity index (χ1v) is 6.77. The molecule has 1 amide bonds. The molecular formula is C17H17N3O. The van der Waals surface area contributed by atoms with Gasteiger partial charge < -0.3 is 11.1 Å². The van der Waals surface area contributed by atoms with Crippen LogP contribution in [0.15, 0.2) is 48.5 Å². The van der Waals surface area contributed by atoms with E-state index in [-0.39, 0.29) is 0 Å². The summed E-state index contributed by atoms with van der Waals surface area (Å²) in [4.78, 5) is 11.1. The fourth-order valence-corrected chi connectivity index (χ4v) is 2.04. The number of rotatable bonds is 6. The third-order valence-electron chi connectivity index (χ3n) is 3.21. The highest BCUT2D eigenvalue weighted by atomic mass is 16.1. The Hall–Kier alpha value is -2.64. The Balaban J connectivity index is 1.80. The van der Waals surface area contributed by atoms with Crippen LogP contribution in [0.5, 0.6) is 0 Å². The van der Waals surface area contributed by atoms with Crippen LogP contribution in [0.1, 0.15) is 27.0 Å². The van der Waals surface area contributed by atoms with Crippen molar-refractivity contribution < 1.29 is 4.79 Å². The van der Waals surface area contributed by atoms with Gasteiger partial charge in [-0.3, -0.25) is 4.79 Å². The molecular weight excluding hydrogens is 262 g/mol. The van der Waals surface area contributed by atoms with E-state index in [4.69, 9.17) is 11.0 Å². The van der Waals surface area contributed by atoms with Crippen LogP contribution in [0, 0.1) is 11.3 Å². The minimum Gasteiger partial charge on any atom is -0.366 e. The Kier molecular flexibility index (Phi) is 5.08. The van der Waals surface area contributed by atoms with E-state index >= 15 is 0 Å². The molecule has 2 aromatic rings. The molecule has 4 heteroatoms. The van der Waals surface area contributed by atoms with Crippen LogP contribution in [0.3, 0.4) is 0 Å². The van der Waals surface area contributed by atoms with Crippen molar-refractivity contribution in [2.45, 2.75) is 13.0 Å². The fraction of sp³-hybridized carbons (Fsp3) is 0.176. The van der Waals surface area contributed by atoms with E-state index in [0.717, 1.165) is 30.6 Å². The van der Waals surface area contributed by atoms with Gasteiger partial charge in [0.2, 0.25) is 5.91 Å². The summed E-state index contributed by atoms with van der Waals surface area (Å²) in [5.74, 6) is -0.401. The zero-order chi connectivity index (χ0) is 15.1. The maximum Gasteiger partial charge on any atom is 0.248 e. The van der Waals surface area contributed by atoms with Gasteiger partial charge in [-0.25, -0.2) is 0 Å². The second kappa shape index (κ2) is 7.22. The smallest absolute Gasteiger partial charge is 0.248 e. The highest BCUT2D eigenvalue weighted by Gasteiger charge is 2.01. The quantitative estimate of drug-likeness (QED) is 0.794. The largest absolute Gasteiger partial charge is 0.366 e. The fourth-order valence-electron chi connectivity index (χ4n) is 2.04. The Labute approximate surface area is 124 Å². The van der Waals surface area contributed by atoms with Crippen LogP contribution in [-0.4, -0.2) is 12.5 Å². The van der Waals surface area contributed by atoms with Crippen molar-refractivity contribution in [1.82, 2.24) is 5.32 Å². The van der Waals surface area contributed by atoms with Gasteiger partial charge in [0.25, 0.3) is 0 Å². The molecule has 4 nitrogen and oxygen atoms in total. The third-order valence-corrected chi connectivity index (χ3v) is 3.21. The van der Waals surface area contributed by atoms with Gasteiger partial charge in [0.1, 0.15) is 0 Å². The minimum absolute atomic E-state index is 0.401. The molecule has 0 fully saturated rings. The highest BCUT2D eigenvalue weighted by molar-refractivity contribution is 5.92. The molecule has 0 radical (unpaired) electrons. The lowest BCUT2D eigenvalue weighted by Gasteiger charge is -2.06. The lowest BCUT2D eigenvalue weighted by atomic mass is 10.1. The maximum atomic E-state index is 11.1. The highest BCUT2D eigenvalue weighted by Crippen LogP contribution is 2.06. The molecule has 0 atom stereocenters. The number of hydrogen-bond acceptors (Lipinski definition) is 3. The zero-order valence-electron chi connectivity index (χ0n) is 11.7. The average molecular weight is 279 g/mol. The molecule has 106 valence electrons. The molecule has 0 aliphatic heterocycles. The van der Waals surface area contributed by atoms with Crippen LogP contribution in [0.2, 0.25) is 0 Å². The molecule has 0 saturated carbocycles. The zero-order valence-corrected chi connectivity index (χ0v) is 11.7. The molecule has 2 aromatic carbocycles. The summed E-state index contributed by atoms with van der Waals surface area (Å²) in [6.07, 6.45) is 0.831. The number of carbonyl (C=O) groups is 1. The standard InChI is InChI=1S/C17H17N3O/c18-11-14-4-6-15(7-5-14)12-20-9-8-13-2-1-3-16(10-13)17(19)21/h1-7,10,20H,8-9,12H2,(H2,19,21). The van der Waals surface area contributed by atoms with E-state index in [0.29, 0.717) is 11.1 Å². The number of nitriles is 1. The number of nitrogens with two attached hydrogens (primary N) is 1. The summed E-state index contributed by atoms with van der Waals surface area (Å²) in [7, 11) is 0. The second-order valence-corrected chi connectivity index (χ2v) is 4.80. The molecule has 0 saturated heterocycles. The SMILES string of the molecule is N#Cc1ccc(CNCCc2cccc(C(N)=O)c2)cc1. The molecule has 3 N–H and O–H groups in total. The van der Waals surface area contributed by atoms with Crippen LogP contribution in [0.4, 0.5) is 0 Å². The first-order chi connectivity index (χ1) is 10.2. The number of benzene rings is 2. The van der Waals surface area contributed by atoms with Crippen LogP contribution in [0.25, 0.3) is 0 Å². The minimum atomic E-state index is -0.401. The van der Waals surface area contributed by atoms with Gasteiger partial charge in [0.05, 0.1) is 11.6 Å². The summed E-state index contributed by atoms with van der Waals surface area (Å²) >= 11 is 0. The lowest BCUT2D eigenvalue weighted by Crippen LogP contribution is -2.17. The van der Waals surface area contributed by atoms with Crippen molar-refractivity contribution in [2.24, 2.45) is 5.73 Å². The van der Waals surface area contributed by atoms with E-state index < -0.39 is 5.91 Å². The van der Waals surface area contributed by atoms with Gasteiger partial charge in [-0.1, -0.05) is 24.3 Å². The molecule has 21 heavy (non-hydrogen) atoms. The molecule has 0 unspecified atom stereocenters. The van der Waals surface area contributed by atoms with Crippen molar-refractivity contribution in [3.63, 3.8) is 0 Å². The Bertz CT molecular complexity index is 656. The van der Waals surface area contributed by atoms with Gasteiger partial charge in [0, 0.05) is 12.1 Å². The van der Waals surface area contributed by atoms with Gasteiger partial charge in [-0.05, 0) is 48.4 Å². The van der Waals surface area contributed by atoms with E-state index in [1.807, 2.05) is 42.5 Å². The van der Waals surface area contributed by atoms with Gasteiger partial charge in [0.15, 0.2) is 0 Å². The van der Waals surface area contributed by atoms with Crippen LogP contribution >= 0.6 is 0 Å². The summed E-state index contributed by atoms with van der Waals surface area (Å²) in [5, 5.41) is 12.1. The molecule has 0 aliphatic carbocycles. The Morgan fingerprint density at radius 2 is 1.90 bits per heavy atom. The number of primary amides is 1. The molecule has 0 heterocycles. The lowest BCUT2D eigenvalue weighted by molar-refractivity contribution is 0.1000. The van der Waals surface area contributed by atoms with Crippen LogP contribution < -0.4 is 11.1 Å². The molecule has 0 aliphatic rings. The Morgan fingerprint density at radius 1 is 1.14 bits per heavy atom. The number of hydrogen-bond donors (Lipinski definition) is 2. The Morgan fingerprint density at radius 3 is 2.57 bits per heavy atom. The van der Waals surface area contributed by atoms with E-state index in [2.05, 4.69) is 11.4 Å². The first kappa shape index (κ1) is 14.8. The monoisotopic (exact) mass is 279 g/mol. The number of amides is 1. The number of nitrogens with zero attached hydrogens (tertiary/aromatic N) is 1. The number of nitrogens with one attached hydrogen (secondary N) is 1. The van der Waals surface area contributed by atoms with Crippen molar-refractivity contribution in [1.29, 1.82) is 5.26 Å². The van der Waals surface area contributed by atoms with Crippen molar-refractivity contribution >= 4 is 5.91 Å². The maximum absolute atomic E-state index is 11.1. The predicted molar refractivity (Wildman–Crippen MR) is 81.5 cm³/mol. The topological polar surface area (TPSA) is 78.9 Å². The summed E-state index contributed by atoms with van der Waals surface area (Å²) in [6.45, 7) is 1.56. The average Bonchev–Trinajstić information content (AvgIpc) is 2.52. The van der Waals surface area contributed by atoms with E-state index in [1.165, 1.54) is 0 Å². The molecule has 0 spiro atoms. The van der Waals surface area contributed by atoms with Gasteiger partial charge >= 0.3 is 0 Å². The van der Waals surface area contributed by atoms with Crippen LogP contribution in [-0.2, 0) is 13.0 Å². The third kappa shape index (κ3) is 4.44. The van der Waals surface area contributed by atoms with Crippen molar-refractivity contribution in [3.8, 4) is 6.07 Å². The number of carbonyl (C=O) groups excluding carboxylic acids is 1. The van der Waals surface area contributed by atoms with Gasteiger partial charge in [-0.15, -0.1) is 0 Å². The molecule has 0 bridgehead atoms. The normalized spacial score (nSPS) is 10.0. The molecule has 0 aromatic heterocycles. The van der Waals surface area contributed by atoms with Crippen molar-refractivity contribution in [2.75, 3.05) is 6.54 Å². The predicted octanol–water partition coefficient (Wildman–Crippen LogP) is 1.99. The van der Waals surface area contributed by atoms with E-state index in [9.17, 15) is 4.79 Å². The molecule has 2 rings (SSSR count). The first-order valence-electron chi connectivity index (χ1n) is 6.77. The summed E-state index contributed by atoms with van der Waals surface area (Å²) in [5.41, 5.74) is 8.69. The van der Waals surface area contributed by atoms with E-state index in [1.54, 1.807) is 6.07 Å². The summed E-state index contributed by atoms with van der Waals surface area (Å²) in [6, 6.07) is 17.0. The summed E-state index contributed by atoms with van der Waals surface area (Å²) < 4.78 is 0.